The molecule has 0 saturated carbocycles. The average molecular weight is 238 g/mol. The highest BCUT2D eigenvalue weighted by Gasteiger charge is 2.15. The maximum Gasteiger partial charge on any atom is 0.184 e. The van der Waals surface area contributed by atoms with Crippen LogP contribution in [0.5, 0.6) is 5.75 Å². The summed E-state index contributed by atoms with van der Waals surface area (Å²) in [7, 11) is 1.65. The fourth-order valence-corrected chi connectivity index (χ4v) is 1.44. The topological polar surface area (TPSA) is 27.7 Å². The van der Waals surface area contributed by atoms with E-state index in [2.05, 4.69) is 0 Å². The molecular weight excluding hydrogens is 216 g/mol. The maximum atomic E-state index is 5.76. The lowest BCUT2D eigenvalue weighted by molar-refractivity contribution is -0.185. The molecule has 0 fully saturated rings. The van der Waals surface area contributed by atoms with Crippen molar-refractivity contribution in [3.8, 4) is 5.75 Å². The normalized spacial score (nSPS) is 11.5. The molecule has 1 rings (SSSR count). The fourth-order valence-electron chi connectivity index (χ4n) is 1.44. The second kappa shape index (κ2) is 6.62. The number of rotatable bonds is 6. The van der Waals surface area contributed by atoms with Crippen LogP contribution >= 0.6 is 0 Å². The van der Waals surface area contributed by atoms with E-state index in [1.807, 2.05) is 52.0 Å². The Morgan fingerprint density at radius 2 is 1.29 bits per heavy atom. The molecule has 0 bridgehead atoms. The van der Waals surface area contributed by atoms with Crippen molar-refractivity contribution in [3.63, 3.8) is 0 Å². The average Bonchev–Trinajstić information content (AvgIpc) is 2.27. The zero-order valence-corrected chi connectivity index (χ0v) is 11.3. The minimum atomic E-state index is -0.319. The second-order valence-corrected chi connectivity index (χ2v) is 4.47. The molecule has 0 amide bonds. The Morgan fingerprint density at radius 3 is 1.65 bits per heavy atom. The highest BCUT2D eigenvalue weighted by Crippen LogP contribution is 2.24. The smallest absolute Gasteiger partial charge is 0.184 e. The highest BCUT2D eigenvalue weighted by molar-refractivity contribution is 5.27. The van der Waals surface area contributed by atoms with Gasteiger partial charge in [0.05, 0.1) is 19.3 Å². The van der Waals surface area contributed by atoms with Gasteiger partial charge in [0.15, 0.2) is 6.29 Å². The van der Waals surface area contributed by atoms with Gasteiger partial charge in [-0.2, -0.15) is 0 Å². The van der Waals surface area contributed by atoms with Crippen LogP contribution < -0.4 is 4.74 Å². The van der Waals surface area contributed by atoms with Crippen LogP contribution in [-0.2, 0) is 9.47 Å². The Morgan fingerprint density at radius 1 is 0.824 bits per heavy atom. The van der Waals surface area contributed by atoms with Crippen LogP contribution in [0.4, 0.5) is 0 Å². The van der Waals surface area contributed by atoms with Crippen molar-refractivity contribution in [1.29, 1.82) is 0 Å². The predicted molar refractivity (Wildman–Crippen MR) is 68.2 cm³/mol. The standard InChI is InChI=1S/C14H22O3/c1-10(2)16-14(17-11(3)4)12-6-8-13(15-5)9-7-12/h6-11,14H,1-5H3. The van der Waals surface area contributed by atoms with E-state index in [-0.39, 0.29) is 18.5 Å². The largest absolute Gasteiger partial charge is 0.497 e. The number of hydrogen-bond donors (Lipinski definition) is 0. The van der Waals surface area contributed by atoms with Crippen molar-refractivity contribution >= 4 is 0 Å². The zero-order valence-electron chi connectivity index (χ0n) is 11.3. The van der Waals surface area contributed by atoms with E-state index in [1.54, 1.807) is 7.11 Å². The minimum absolute atomic E-state index is 0.126. The van der Waals surface area contributed by atoms with Gasteiger partial charge in [0.1, 0.15) is 5.75 Å². The molecule has 0 aliphatic carbocycles. The van der Waals surface area contributed by atoms with Gasteiger partial charge in [-0.25, -0.2) is 0 Å². The van der Waals surface area contributed by atoms with Crippen molar-refractivity contribution in [2.75, 3.05) is 7.11 Å². The van der Waals surface area contributed by atoms with E-state index in [0.29, 0.717) is 0 Å². The van der Waals surface area contributed by atoms with Gasteiger partial charge in [-0.1, -0.05) is 12.1 Å². The monoisotopic (exact) mass is 238 g/mol. The van der Waals surface area contributed by atoms with Gasteiger partial charge in [-0.3, -0.25) is 0 Å². The van der Waals surface area contributed by atoms with Crippen LogP contribution in [0.3, 0.4) is 0 Å². The first kappa shape index (κ1) is 14.0. The van der Waals surface area contributed by atoms with Crippen LogP contribution in [-0.4, -0.2) is 19.3 Å². The van der Waals surface area contributed by atoms with Crippen molar-refractivity contribution in [3.05, 3.63) is 29.8 Å². The van der Waals surface area contributed by atoms with Gasteiger partial charge in [-0.15, -0.1) is 0 Å². The van der Waals surface area contributed by atoms with E-state index in [0.717, 1.165) is 11.3 Å². The van der Waals surface area contributed by atoms with Crippen molar-refractivity contribution in [2.24, 2.45) is 0 Å². The van der Waals surface area contributed by atoms with Gasteiger partial charge in [0, 0.05) is 5.56 Å². The van der Waals surface area contributed by atoms with Gasteiger partial charge >= 0.3 is 0 Å². The first-order valence-electron chi connectivity index (χ1n) is 5.97. The van der Waals surface area contributed by atoms with Crippen molar-refractivity contribution in [1.82, 2.24) is 0 Å². The molecule has 0 aliphatic heterocycles. The summed E-state index contributed by atoms with van der Waals surface area (Å²) in [6, 6.07) is 7.76. The van der Waals surface area contributed by atoms with Crippen molar-refractivity contribution in [2.45, 2.75) is 46.2 Å². The maximum absolute atomic E-state index is 5.76. The summed E-state index contributed by atoms with van der Waals surface area (Å²) < 4.78 is 16.6. The molecule has 1 aromatic rings. The molecule has 0 spiro atoms. The van der Waals surface area contributed by atoms with E-state index in [9.17, 15) is 0 Å². The summed E-state index contributed by atoms with van der Waals surface area (Å²) >= 11 is 0. The summed E-state index contributed by atoms with van der Waals surface area (Å²) in [6.07, 6.45) is -0.0670. The third kappa shape index (κ3) is 4.75. The summed E-state index contributed by atoms with van der Waals surface area (Å²) in [5, 5.41) is 0. The lowest BCUT2D eigenvalue weighted by Gasteiger charge is -2.23. The molecule has 17 heavy (non-hydrogen) atoms. The van der Waals surface area contributed by atoms with Crippen LogP contribution in [0.25, 0.3) is 0 Å². The molecule has 0 N–H and O–H groups in total. The molecule has 0 unspecified atom stereocenters. The quantitative estimate of drug-likeness (QED) is 0.709. The summed E-state index contributed by atoms with van der Waals surface area (Å²) in [5.41, 5.74) is 1.01. The molecular formula is C14H22O3. The third-order valence-electron chi connectivity index (χ3n) is 2.18. The van der Waals surface area contributed by atoms with E-state index in [4.69, 9.17) is 14.2 Å². The first-order valence-corrected chi connectivity index (χ1v) is 5.97. The third-order valence-corrected chi connectivity index (χ3v) is 2.18. The van der Waals surface area contributed by atoms with Gasteiger partial charge in [0.25, 0.3) is 0 Å². The molecule has 0 atom stereocenters. The number of hydrogen-bond acceptors (Lipinski definition) is 3. The molecule has 1 aromatic carbocycles. The molecule has 0 aliphatic rings. The number of methoxy groups -OCH3 is 1. The van der Waals surface area contributed by atoms with Crippen LogP contribution in [0.1, 0.15) is 39.5 Å². The minimum Gasteiger partial charge on any atom is -0.497 e. The van der Waals surface area contributed by atoms with Crippen LogP contribution in [0, 0.1) is 0 Å². The Kier molecular flexibility index (Phi) is 5.45. The summed E-state index contributed by atoms with van der Waals surface area (Å²) in [5.74, 6) is 0.835. The lowest BCUT2D eigenvalue weighted by atomic mass is 10.2. The highest BCUT2D eigenvalue weighted by atomic mass is 16.7. The molecule has 96 valence electrons. The van der Waals surface area contributed by atoms with E-state index in [1.165, 1.54) is 0 Å². The van der Waals surface area contributed by atoms with Crippen molar-refractivity contribution < 1.29 is 14.2 Å². The van der Waals surface area contributed by atoms with Gasteiger partial charge in [-0.05, 0) is 39.8 Å². The molecule has 0 aromatic heterocycles. The first-order chi connectivity index (χ1) is 8.02. The van der Waals surface area contributed by atoms with E-state index >= 15 is 0 Å². The second-order valence-electron chi connectivity index (χ2n) is 4.47. The number of ether oxygens (including phenoxy) is 3. The molecule has 3 nitrogen and oxygen atoms in total. The summed E-state index contributed by atoms with van der Waals surface area (Å²) in [4.78, 5) is 0. The Hall–Kier alpha value is -1.06. The Labute approximate surface area is 104 Å². The zero-order chi connectivity index (χ0) is 12.8. The number of benzene rings is 1. The van der Waals surface area contributed by atoms with Crippen LogP contribution in [0.2, 0.25) is 0 Å². The molecule has 0 saturated heterocycles. The SMILES string of the molecule is COc1ccc(C(OC(C)C)OC(C)C)cc1. The Bertz CT molecular complexity index is 307. The molecule has 0 radical (unpaired) electrons. The van der Waals surface area contributed by atoms with Gasteiger partial charge in [0.2, 0.25) is 0 Å². The van der Waals surface area contributed by atoms with E-state index < -0.39 is 0 Å². The Balaban J connectivity index is 2.79. The molecule has 0 heterocycles. The summed E-state index contributed by atoms with van der Waals surface area (Å²) in [6.45, 7) is 8.00. The fraction of sp³-hybridized carbons (Fsp3) is 0.571. The van der Waals surface area contributed by atoms with Gasteiger partial charge < -0.3 is 14.2 Å². The molecule has 3 heteroatoms. The lowest BCUT2D eigenvalue weighted by Crippen LogP contribution is -2.17. The van der Waals surface area contributed by atoms with Crippen LogP contribution in [0.15, 0.2) is 24.3 Å². The predicted octanol–water partition coefficient (Wildman–Crippen LogP) is 3.54.